The van der Waals surface area contributed by atoms with Gasteiger partial charge in [-0.05, 0) is 37.5 Å². The molecule has 1 atom stereocenters. The largest absolute Gasteiger partial charge is 0.290 e. The summed E-state index contributed by atoms with van der Waals surface area (Å²) in [5, 5.41) is 3.67. The lowest BCUT2D eigenvalue weighted by molar-refractivity contribution is 0.313. The van der Waals surface area contributed by atoms with Gasteiger partial charge in [-0.1, -0.05) is 38.5 Å². The molecule has 1 N–H and O–H groups in total. The Morgan fingerprint density at radius 2 is 1.47 bits per heavy atom. The van der Waals surface area contributed by atoms with Crippen molar-refractivity contribution in [3.8, 4) is 0 Å². The smallest absolute Gasteiger partial charge is 0.0889 e. The van der Waals surface area contributed by atoms with Gasteiger partial charge < -0.3 is 0 Å². The van der Waals surface area contributed by atoms with Crippen molar-refractivity contribution in [3.63, 3.8) is 0 Å². The third-order valence-electron chi connectivity index (χ3n) is 5.04. The molecule has 1 unspecified atom stereocenters. The second kappa shape index (κ2) is 5.51. The zero-order valence-electron chi connectivity index (χ0n) is 11.0. The van der Waals surface area contributed by atoms with Crippen LogP contribution in [-0.2, 0) is 0 Å². The Morgan fingerprint density at radius 1 is 0.824 bits per heavy atom. The highest BCUT2D eigenvalue weighted by Gasteiger charge is 2.34. The summed E-state index contributed by atoms with van der Waals surface area (Å²) >= 11 is 0. The predicted octanol–water partition coefficient (Wildman–Crippen LogP) is 3.52. The average molecular weight is 234 g/mol. The van der Waals surface area contributed by atoms with E-state index in [1.807, 2.05) is 0 Å². The lowest BCUT2D eigenvalue weighted by atomic mass is 9.76. The van der Waals surface area contributed by atoms with Gasteiger partial charge in [-0.15, -0.1) is 0 Å². The summed E-state index contributed by atoms with van der Waals surface area (Å²) in [6, 6.07) is 0.651. The number of hydrogen-bond donors (Lipinski definition) is 1. The van der Waals surface area contributed by atoms with E-state index >= 15 is 0 Å². The molecule has 3 rings (SSSR count). The second-order valence-corrected chi connectivity index (χ2v) is 6.16. The Labute approximate surface area is 105 Å². The summed E-state index contributed by atoms with van der Waals surface area (Å²) < 4.78 is 0. The van der Waals surface area contributed by atoms with E-state index in [2.05, 4.69) is 5.32 Å². The molecule has 2 aliphatic carbocycles. The maximum absolute atomic E-state index is 4.82. The minimum atomic E-state index is 0.651. The van der Waals surface area contributed by atoms with Crippen LogP contribution < -0.4 is 5.32 Å². The molecule has 2 fully saturated rings. The van der Waals surface area contributed by atoms with Gasteiger partial charge >= 0.3 is 0 Å². The van der Waals surface area contributed by atoms with E-state index < -0.39 is 0 Å². The molecule has 0 bridgehead atoms. The Kier molecular flexibility index (Phi) is 3.80. The Balaban J connectivity index is 1.65. The fraction of sp³-hybridized carbons (Fsp3) is 0.933. The molecular weight excluding hydrogens is 208 g/mol. The van der Waals surface area contributed by atoms with Crippen LogP contribution in [-0.4, -0.2) is 18.4 Å². The average Bonchev–Trinajstić information content (AvgIpc) is 2.90. The summed E-state index contributed by atoms with van der Waals surface area (Å²) in [5.41, 5.74) is 1.57. The van der Waals surface area contributed by atoms with E-state index in [4.69, 9.17) is 4.99 Å². The van der Waals surface area contributed by atoms with Crippen molar-refractivity contribution in [2.24, 2.45) is 16.8 Å². The fourth-order valence-electron chi connectivity index (χ4n) is 4.10. The minimum absolute atomic E-state index is 0.651. The van der Waals surface area contributed by atoms with Gasteiger partial charge in [-0.3, -0.25) is 10.3 Å². The summed E-state index contributed by atoms with van der Waals surface area (Å²) in [6.07, 6.45) is 14.3. The molecular formula is C15H26N2. The molecule has 0 aromatic rings. The zero-order valence-corrected chi connectivity index (χ0v) is 11.0. The summed E-state index contributed by atoms with van der Waals surface area (Å²) in [4.78, 5) is 4.82. The topological polar surface area (TPSA) is 24.4 Å². The molecule has 0 amide bonds. The van der Waals surface area contributed by atoms with Crippen LogP contribution >= 0.6 is 0 Å². The molecule has 3 aliphatic rings. The van der Waals surface area contributed by atoms with Crippen molar-refractivity contribution in [2.45, 2.75) is 70.3 Å². The van der Waals surface area contributed by atoms with E-state index in [0.29, 0.717) is 6.04 Å². The van der Waals surface area contributed by atoms with Crippen LogP contribution in [0.3, 0.4) is 0 Å². The molecule has 0 radical (unpaired) electrons. The number of nitrogens with one attached hydrogen (secondary N) is 1. The minimum Gasteiger partial charge on any atom is -0.290 e. The van der Waals surface area contributed by atoms with E-state index in [1.54, 1.807) is 5.71 Å². The van der Waals surface area contributed by atoms with Crippen molar-refractivity contribution in [3.05, 3.63) is 0 Å². The summed E-state index contributed by atoms with van der Waals surface area (Å²) in [7, 11) is 0. The van der Waals surface area contributed by atoms with E-state index in [1.165, 1.54) is 64.2 Å². The zero-order chi connectivity index (χ0) is 11.5. The van der Waals surface area contributed by atoms with Crippen molar-refractivity contribution >= 4 is 5.71 Å². The van der Waals surface area contributed by atoms with Crippen LogP contribution in [0.15, 0.2) is 4.99 Å². The maximum Gasteiger partial charge on any atom is 0.0889 e. The number of hydrogen-bond acceptors (Lipinski definition) is 2. The van der Waals surface area contributed by atoms with Crippen molar-refractivity contribution in [1.82, 2.24) is 5.32 Å². The van der Waals surface area contributed by atoms with Crippen LogP contribution in [0.5, 0.6) is 0 Å². The molecule has 96 valence electrons. The van der Waals surface area contributed by atoms with Crippen LogP contribution in [0.1, 0.15) is 64.2 Å². The number of aliphatic imine (C=N–C) groups is 1. The summed E-state index contributed by atoms with van der Waals surface area (Å²) in [6.45, 7) is 0.896. The van der Waals surface area contributed by atoms with E-state index in [9.17, 15) is 0 Å². The van der Waals surface area contributed by atoms with Gasteiger partial charge in [0.2, 0.25) is 0 Å². The highest BCUT2D eigenvalue weighted by Crippen LogP contribution is 2.33. The van der Waals surface area contributed by atoms with Gasteiger partial charge in [-0.2, -0.15) is 0 Å². The Bertz CT molecular complexity index is 273. The normalized spacial score (nSPS) is 32.7. The standard InChI is InChI=1S/C15H26N2/c1-3-7-12(8-4-1)14-15(17-11-16-14)13-9-5-2-6-10-13/h12-14,16H,1-11H2. The van der Waals surface area contributed by atoms with Crippen molar-refractivity contribution < 1.29 is 0 Å². The molecule has 0 aromatic heterocycles. The van der Waals surface area contributed by atoms with Crippen LogP contribution in [0.2, 0.25) is 0 Å². The van der Waals surface area contributed by atoms with Gasteiger partial charge in [0.15, 0.2) is 0 Å². The summed E-state index contributed by atoms with van der Waals surface area (Å²) in [5.74, 6) is 1.72. The van der Waals surface area contributed by atoms with Gasteiger partial charge in [-0.25, -0.2) is 0 Å². The highest BCUT2D eigenvalue weighted by molar-refractivity contribution is 5.93. The molecule has 0 saturated heterocycles. The predicted molar refractivity (Wildman–Crippen MR) is 72.4 cm³/mol. The highest BCUT2D eigenvalue weighted by atomic mass is 15.1. The second-order valence-electron chi connectivity index (χ2n) is 6.16. The first-order valence-electron chi connectivity index (χ1n) is 7.73. The molecule has 0 aromatic carbocycles. The number of nitrogens with zero attached hydrogens (tertiary/aromatic N) is 1. The fourth-order valence-corrected chi connectivity index (χ4v) is 4.10. The van der Waals surface area contributed by atoms with Crippen LogP contribution in [0, 0.1) is 11.8 Å². The van der Waals surface area contributed by atoms with E-state index in [0.717, 1.165) is 18.5 Å². The lowest BCUT2D eigenvalue weighted by Gasteiger charge is -2.32. The van der Waals surface area contributed by atoms with E-state index in [-0.39, 0.29) is 0 Å². The van der Waals surface area contributed by atoms with Gasteiger partial charge in [0.05, 0.1) is 6.67 Å². The van der Waals surface area contributed by atoms with Gasteiger partial charge in [0.25, 0.3) is 0 Å². The van der Waals surface area contributed by atoms with Crippen molar-refractivity contribution in [1.29, 1.82) is 0 Å². The molecule has 2 saturated carbocycles. The van der Waals surface area contributed by atoms with Crippen LogP contribution in [0.4, 0.5) is 0 Å². The molecule has 1 heterocycles. The quantitative estimate of drug-likeness (QED) is 0.777. The van der Waals surface area contributed by atoms with Crippen molar-refractivity contribution in [2.75, 3.05) is 6.67 Å². The van der Waals surface area contributed by atoms with Gasteiger partial charge in [0.1, 0.15) is 0 Å². The molecule has 17 heavy (non-hydrogen) atoms. The first-order valence-corrected chi connectivity index (χ1v) is 7.73. The third-order valence-corrected chi connectivity index (χ3v) is 5.04. The third kappa shape index (κ3) is 2.57. The Hall–Kier alpha value is -0.370. The molecule has 2 heteroatoms. The monoisotopic (exact) mass is 234 g/mol. The first-order chi connectivity index (χ1) is 8.45. The Morgan fingerprint density at radius 3 is 2.18 bits per heavy atom. The lowest BCUT2D eigenvalue weighted by Crippen LogP contribution is -2.42. The first kappa shape index (κ1) is 11.7. The SMILES string of the molecule is C1CCC(C2=NCNC2C2CCCCC2)CC1. The molecule has 0 spiro atoms. The number of rotatable bonds is 2. The van der Waals surface area contributed by atoms with Gasteiger partial charge in [0, 0.05) is 11.8 Å². The maximum atomic E-state index is 4.82. The van der Waals surface area contributed by atoms with Crippen LogP contribution in [0.25, 0.3) is 0 Å². The molecule has 2 nitrogen and oxygen atoms in total. The molecule has 1 aliphatic heterocycles.